The second-order valence-electron chi connectivity index (χ2n) is 10.3. The van der Waals surface area contributed by atoms with Crippen LogP contribution in [0.15, 0.2) is 48.7 Å². The van der Waals surface area contributed by atoms with Crippen LogP contribution >= 0.6 is 0 Å². The first kappa shape index (κ1) is 24.0. The van der Waals surface area contributed by atoms with E-state index in [1.54, 1.807) is 4.68 Å². The predicted molar refractivity (Wildman–Crippen MR) is 147 cm³/mol. The van der Waals surface area contributed by atoms with E-state index in [1.165, 1.54) is 0 Å². The molecule has 0 radical (unpaired) electrons. The highest BCUT2D eigenvalue weighted by molar-refractivity contribution is 5.93. The topological polar surface area (TPSA) is 83.6 Å². The van der Waals surface area contributed by atoms with Crippen LogP contribution in [0.4, 0.5) is 0 Å². The maximum Gasteiger partial charge on any atom is 0.263 e. The Bertz CT molecular complexity index is 1560. The van der Waals surface area contributed by atoms with E-state index < -0.39 is 6.10 Å². The first-order chi connectivity index (χ1) is 19.2. The van der Waals surface area contributed by atoms with Gasteiger partial charge in [-0.25, -0.2) is 9.36 Å². The Kier molecular flexibility index (Phi) is 6.08. The first-order valence-electron chi connectivity index (χ1n) is 13.7. The van der Waals surface area contributed by atoms with E-state index in [4.69, 9.17) is 19.3 Å². The fourth-order valence-electron chi connectivity index (χ4n) is 5.73. The van der Waals surface area contributed by atoms with Crippen molar-refractivity contribution in [1.29, 1.82) is 0 Å². The molecule has 9 heteroatoms. The van der Waals surface area contributed by atoms with Crippen LogP contribution in [-0.4, -0.2) is 62.8 Å². The molecule has 4 bridgehead atoms. The van der Waals surface area contributed by atoms with Crippen molar-refractivity contribution < 1.29 is 19.0 Å². The summed E-state index contributed by atoms with van der Waals surface area (Å²) < 4.78 is 22.3. The zero-order valence-corrected chi connectivity index (χ0v) is 22.0. The summed E-state index contributed by atoms with van der Waals surface area (Å²) in [5.41, 5.74) is 4.66. The molecule has 1 unspecified atom stereocenters. The van der Waals surface area contributed by atoms with Gasteiger partial charge in [-0.05, 0) is 55.2 Å². The van der Waals surface area contributed by atoms with Crippen LogP contribution in [0.2, 0.25) is 0 Å². The van der Waals surface area contributed by atoms with Crippen molar-refractivity contribution in [3.05, 3.63) is 59.9 Å². The molecule has 2 atom stereocenters. The van der Waals surface area contributed by atoms with Crippen molar-refractivity contribution in [2.75, 3.05) is 26.3 Å². The van der Waals surface area contributed by atoms with Crippen LogP contribution in [0.5, 0.6) is 11.6 Å². The monoisotopic (exact) mass is 525 g/mol. The lowest BCUT2D eigenvalue weighted by atomic mass is 10.0. The highest BCUT2D eigenvalue weighted by Gasteiger charge is 2.33. The van der Waals surface area contributed by atoms with Gasteiger partial charge < -0.3 is 19.1 Å². The Labute approximate surface area is 226 Å². The minimum Gasteiger partial charge on any atom is -0.480 e. The second-order valence-corrected chi connectivity index (χ2v) is 10.3. The number of aromatic nitrogens is 4. The summed E-state index contributed by atoms with van der Waals surface area (Å²) in [7, 11) is 1.87. The molecule has 0 spiro atoms. The van der Waals surface area contributed by atoms with Gasteiger partial charge in [0.15, 0.2) is 12.3 Å². The molecule has 2 saturated heterocycles. The van der Waals surface area contributed by atoms with Crippen molar-refractivity contribution in [3.63, 3.8) is 0 Å². The summed E-state index contributed by atoms with van der Waals surface area (Å²) in [5, 5.41) is 10.5. The minimum atomic E-state index is -0.508. The third-order valence-corrected chi connectivity index (χ3v) is 7.82. The minimum absolute atomic E-state index is 0.00786. The smallest absolute Gasteiger partial charge is 0.263 e. The molecule has 2 fully saturated rings. The molecule has 9 nitrogen and oxygen atoms in total. The Morgan fingerprint density at radius 2 is 1.92 bits per heavy atom. The fraction of sp³-hybridized carbons (Fsp3) is 0.367. The van der Waals surface area contributed by atoms with Gasteiger partial charge in [-0.2, -0.15) is 10.2 Å². The number of hydrogen-bond acceptors (Lipinski definition) is 6. The van der Waals surface area contributed by atoms with E-state index in [0.29, 0.717) is 37.7 Å². The number of fused-ring (bicyclic) bond motifs is 6. The summed E-state index contributed by atoms with van der Waals surface area (Å²) in [6.07, 6.45) is 9.05. The Balaban J connectivity index is 1.38. The van der Waals surface area contributed by atoms with Gasteiger partial charge in [-0.1, -0.05) is 24.3 Å². The Hall–Kier alpha value is -4.11. The summed E-state index contributed by atoms with van der Waals surface area (Å²) in [5.74, 6) is 1.35. The number of amides is 1. The van der Waals surface area contributed by atoms with E-state index >= 15 is 0 Å². The average Bonchev–Trinajstić information content (AvgIpc) is 3.63. The normalized spacial score (nSPS) is 22.2. The third kappa shape index (κ3) is 4.36. The van der Waals surface area contributed by atoms with E-state index in [-0.39, 0.29) is 12.1 Å². The first-order valence-corrected chi connectivity index (χ1v) is 13.7. The van der Waals surface area contributed by atoms with Gasteiger partial charge in [0.25, 0.3) is 5.91 Å². The molecule has 1 amide bonds. The van der Waals surface area contributed by atoms with E-state index in [2.05, 4.69) is 23.3 Å². The summed E-state index contributed by atoms with van der Waals surface area (Å²) in [6, 6.07) is 14.2. The number of benzene rings is 2. The molecule has 3 aliphatic rings. The lowest BCUT2D eigenvalue weighted by Gasteiger charge is -2.23. The molecule has 4 aromatic rings. The number of nitrogens with zero attached hydrogens (tertiary/aromatic N) is 5. The number of carbonyl (C=O) groups is 1. The van der Waals surface area contributed by atoms with E-state index in [0.717, 1.165) is 59.2 Å². The SMILES string of the molecule is Cn1ncc2c1OCCN1CC[C@@H](Oc3ccccc3/C=C\c3nn(C4CCCCO4)c4ccc-2cc34)C1=O. The van der Waals surface area contributed by atoms with E-state index in [1.807, 2.05) is 59.2 Å². The zero-order chi connectivity index (χ0) is 26.3. The van der Waals surface area contributed by atoms with Crippen LogP contribution in [-0.2, 0) is 16.6 Å². The van der Waals surface area contributed by atoms with Crippen LogP contribution in [0.1, 0.15) is 43.2 Å². The van der Waals surface area contributed by atoms with Crippen LogP contribution in [0.3, 0.4) is 0 Å². The van der Waals surface area contributed by atoms with Crippen molar-refractivity contribution >= 4 is 29.0 Å². The molecule has 2 aromatic heterocycles. The quantitative estimate of drug-likeness (QED) is 0.359. The molecule has 0 N–H and O–H groups in total. The second kappa shape index (κ2) is 9.89. The molecule has 3 aliphatic heterocycles. The predicted octanol–water partition coefficient (Wildman–Crippen LogP) is 4.68. The average molecular weight is 526 g/mol. The van der Waals surface area contributed by atoms with Crippen molar-refractivity contribution in [2.24, 2.45) is 7.05 Å². The highest BCUT2D eigenvalue weighted by atomic mass is 16.5. The number of ether oxygens (including phenoxy) is 3. The lowest BCUT2D eigenvalue weighted by molar-refractivity contribution is -0.133. The van der Waals surface area contributed by atoms with E-state index in [9.17, 15) is 4.79 Å². The largest absolute Gasteiger partial charge is 0.480 e. The van der Waals surface area contributed by atoms with Crippen molar-refractivity contribution in [1.82, 2.24) is 24.5 Å². The highest BCUT2D eigenvalue weighted by Crippen LogP contribution is 2.36. The standard InChI is InChI=1S/C30H31N5O4/c1-33-30-23(19-31-33)21-10-12-25-22(18-21)24(32-35(25)28-8-4-5-16-37-28)11-9-20-6-2-3-7-26(20)39-27-13-14-34(29(27)36)15-17-38-30/h2-3,6-7,9-12,18-19,27-28H,4-5,8,13-17H2,1H3/b11-9-/t27-,28?/m1/s1. The van der Waals surface area contributed by atoms with Gasteiger partial charge in [0.2, 0.25) is 5.88 Å². The van der Waals surface area contributed by atoms with Crippen molar-refractivity contribution in [3.8, 4) is 22.8 Å². The van der Waals surface area contributed by atoms with Crippen LogP contribution in [0, 0.1) is 0 Å². The van der Waals surface area contributed by atoms with Gasteiger partial charge >= 0.3 is 0 Å². The molecule has 39 heavy (non-hydrogen) atoms. The van der Waals surface area contributed by atoms with Crippen LogP contribution in [0.25, 0.3) is 34.2 Å². The summed E-state index contributed by atoms with van der Waals surface area (Å²) >= 11 is 0. The van der Waals surface area contributed by atoms with Crippen LogP contribution < -0.4 is 9.47 Å². The molecule has 200 valence electrons. The third-order valence-electron chi connectivity index (χ3n) is 7.82. The number of para-hydroxylation sites is 1. The van der Waals surface area contributed by atoms with Gasteiger partial charge in [-0.15, -0.1) is 0 Å². The molecule has 7 rings (SSSR count). The molecular weight excluding hydrogens is 494 g/mol. The molecule has 5 heterocycles. The maximum atomic E-state index is 13.1. The number of aryl methyl sites for hydroxylation is 1. The fourth-order valence-corrected chi connectivity index (χ4v) is 5.73. The van der Waals surface area contributed by atoms with Gasteiger partial charge in [0.05, 0.1) is 29.5 Å². The van der Waals surface area contributed by atoms with Crippen molar-refractivity contribution in [2.45, 2.75) is 38.0 Å². The van der Waals surface area contributed by atoms with Gasteiger partial charge in [0, 0.05) is 37.6 Å². The summed E-state index contributed by atoms with van der Waals surface area (Å²) in [6.45, 7) is 2.24. The zero-order valence-electron chi connectivity index (χ0n) is 22.0. The summed E-state index contributed by atoms with van der Waals surface area (Å²) in [4.78, 5) is 14.9. The van der Waals surface area contributed by atoms with Gasteiger partial charge in [0.1, 0.15) is 12.4 Å². The number of rotatable bonds is 1. The number of carbonyl (C=O) groups excluding carboxylic acids is 1. The number of hydrogen-bond donors (Lipinski definition) is 0. The molecular formula is C30H31N5O4. The molecule has 2 aromatic carbocycles. The Morgan fingerprint density at radius 1 is 1.00 bits per heavy atom. The molecule has 0 saturated carbocycles. The Morgan fingerprint density at radius 3 is 2.82 bits per heavy atom. The van der Waals surface area contributed by atoms with Gasteiger partial charge in [-0.3, -0.25) is 4.79 Å². The maximum absolute atomic E-state index is 13.1. The molecule has 0 aliphatic carbocycles. The lowest BCUT2D eigenvalue weighted by Crippen LogP contribution is -2.35.